The molecule has 4 nitrogen and oxygen atoms in total. The van der Waals surface area contributed by atoms with E-state index < -0.39 is 0 Å². The maximum absolute atomic E-state index is 5.66. The Hall–Kier alpha value is -1.65. The van der Waals surface area contributed by atoms with Crippen molar-refractivity contribution < 1.29 is 0 Å². The topological polar surface area (TPSA) is 63.8 Å². The Morgan fingerprint density at radius 2 is 1.72 bits per heavy atom. The monoisotopic (exact) mass is 262 g/mol. The summed E-state index contributed by atoms with van der Waals surface area (Å²) in [5.41, 5.74) is 7.95. The number of anilines is 1. The summed E-state index contributed by atoms with van der Waals surface area (Å²) in [7, 11) is 0. The molecular formula is C13H15ClN4. The van der Waals surface area contributed by atoms with E-state index in [2.05, 4.69) is 39.8 Å². The number of hydrogen-bond donors (Lipinski definition) is 2. The van der Waals surface area contributed by atoms with Crippen LogP contribution in [0.15, 0.2) is 36.4 Å². The van der Waals surface area contributed by atoms with Crippen LogP contribution >= 0.6 is 11.6 Å². The maximum atomic E-state index is 5.66. The Kier molecular flexibility index (Phi) is 4.50. The number of benzene rings is 1. The van der Waals surface area contributed by atoms with Gasteiger partial charge in [-0.1, -0.05) is 35.9 Å². The van der Waals surface area contributed by atoms with E-state index in [-0.39, 0.29) is 0 Å². The summed E-state index contributed by atoms with van der Waals surface area (Å²) in [6.07, 6.45) is 0.913. The predicted octanol–water partition coefficient (Wildman–Crippen LogP) is 2.24. The first-order valence-electron chi connectivity index (χ1n) is 5.79. The van der Waals surface area contributed by atoms with Crippen LogP contribution in [0.3, 0.4) is 0 Å². The number of nitrogens with zero attached hydrogens (tertiary/aromatic N) is 2. The zero-order valence-electron chi connectivity index (χ0n) is 9.94. The van der Waals surface area contributed by atoms with Gasteiger partial charge in [-0.2, -0.15) is 0 Å². The van der Waals surface area contributed by atoms with Crippen LogP contribution in [0.5, 0.6) is 0 Å². The third-order valence-electron chi connectivity index (χ3n) is 2.56. The SMILES string of the molecule is NCCc1ccc(CNc2ccc(Cl)nn2)cc1. The summed E-state index contributed by atoms with van der Waals surface area (Å²) in [6.45, 7) is 1.39. The maximum Gasteiger partial charge on any atom is 0.151 e. The molecule has 0 radical (unpaired) electrons. The third kappa shape index (κ3) is 3.68. The van der Waals surface area contributed by atoms with Crippen molar-refractivity contribution in [2.45, 2.75) is 13.0 Å². The molecule has 1 aromatic carbocycles. The fourth-order valence-corrected chi connectivity index (χ4v) is 1.69. The average Bonchev–Trinajstić information content (AvgIpc) is 2.40. The van der Waals surface area contributed by atoms with Crippen LogP contribution in [-0.2, 0) is 13.0 Å². The van der Waals surface area contributed by atoms with Gasteiger partial charge in [0, 0.05) is 6.54 Å². The van der Waals surface area contributed by atoms with Gasteiger partial charge in [-0.25, -0.2) is 0 Å². The minimum atomic E-state index is 0.395. The lowest BCUT2D eigenvalue weighted by atomic mass is 10.1. The molecule has 0 aliphatic carbocycles. The van der Waals surface area contributed by atoms with Gasteiger partial charge in [0.05, 0.1) is 0 Å². The largest absolute Gasteiger partial charge is 0.365 e. The molecule has 2 aromatic rings. The van der Waals surface area contributed by atoms with Crippen LogP contribution in [0, 0.1) is 0 Å². The van der Waals surface area contributed by atoms with E-state index in [1.807, 2.05) is 0 Å². The lowest BCUT2D eigenvalue weighted by Crippen LogP contribution is -2.04. The molecule has 0 bridgehead atoms. The van der Waals surface area contributed by atoms with Crippen LogP contribution in [0.4, 0.5) is 5.82 Å². The number of hydrogen-bond acceptors (Lipinski definition) is 4. The summed E-state index contributed by atoms with van der Waals surface area (Å²) >= 11 is 5.66. The number of halogens is 1. The van der Waals surface area contributed by atoms with Crippen molar-refractivity contribution in [3.8, 4) is 0 Å². The quantitative estimate of drug-likeness (QED) is 0.867. The fourth-order valence-electron chi connectivity index (χ4n) is 1.59. The molecule has 0 aliphatic heterocycles. The zero-order valence-corrected chi connectivity index (χ0v) is 10.7. The molecule has 0 aliphatic rings. The van der Waals surface area contributed by atoms with Crippen molar-refractivity contribution in [3.63, 3.8) is 0 Å². The molecule has 0 atom stereocenters. The van der Waals surface area contributed by atoms with E-state index in [9.17, 15) is 0 Å². The molecule has 0 fully saturated rings. The lowest BCUT2D eigenvalue weighted by Gasteiger charge is -2.06. The molecule has 18 heavy (non-hydrogen) atoms. The second-order valence-electron chi connectivity index (χ2n) is 3.95. The van der Waals surface area contributed by atoms with Gasteiger partial charge in [-0.05, 0) is 36.2 Å². The first kappa shape index (κ1) is 12.8. The highest BCUT2D eigenvalue weighted by Gasteiger charge is 1.97. The molecule has 94 valence electrons. The van der Waals surface area contributed by atoms with Gasteiger partial charge >= 0.3 is 0 Å². The van der Waals surface area contributed by atoms with Crippen molar-refractivity contribution in [2.75, 3.05) is 11.9 Å². The Morgan fingerprint density at radius 1 is 1.00 bits per heavy atom. The molecule has 3 N–H and O–H groups in total. The minimum Gasteiger partial charge on any atom is -0.365 e. The van der Waals surface area contributed by atoms with Crippen molar-refractivity contribution in [2.24, 2.45) is 5.73 Å². The number of rotatable bonds is 5. The lowest BCUT2D eigenvalue weighted by molar-refractivity contribution is 0.964. The van der Waals surface area contributed by atoms with Crippen LogP contribution in [-0.4, -0.2) is 16.7 Å². The summed E-state index contributed by atoms with van der Waals surface area (Å²) in [6, 6.07) is 11.9. The smallest absolute Gasteiger partial charge is 0.151 e. The van der Waals surface area contributed by atoms with Gasteiger partial charge in [0.1, 0.15) is 5.82 Å². The van der Waals surface area contributed by atoms with E-state index in [1.54, 1.807) is 12.1 Å². The highest BCUT2D eigenvalue weighted by Crippen LogP contribution is 2.09. The molecule has 0 saturated carbocycles. The summed E-state index contributed by atoms with van der Waals surface area (Å²) in [4.78, 5) is 0. The van der Waals surface area contributed by atoms with Gasteiger partial charge in [0.25, 0.3) is 0 Å². The van der Waals surface area contributed by atoms with Crippen molar-refractivity contribution in [3.05, 3.63) is 52.7 Å². The Balaban J connectivity index is 1.91. The number of nitrogens with one attached hydrogen (secondary N) is 1. The molecule has 0 unspecified atom stereocenters. The Labute approximate surface area is 111 Å². The Morgan fingerprint density at radius 3 is 2.33 bits per heavy atom. The average molecular weight is 263 g/mol. The second kappa shape index (κ2) is 6.33. The molecule has 5 heteroatoms. The van der Waals surface area contributed by atoms with Crippen molar-refractivity contribution in [1.82, 2.24) is 10.2 Å². The van der Waals surface area contributed by atoms with Crippen molar-refractivity contribution in [1.29, 1.82) is 0 Å². The highest BCUT2D eigenvalue weighted by atomic mass is 35.5. The van der Waals surface area contributed by atoms with Crippen LogP contribution < -0.4 is 11.1 Å². The molecular weight excluding hydrogens is 248 g/mol. The van der Waals surface area contributed by atoms with Gasteiger partial charge in [-0.15, -0.1) is 10.2 Å². The van der Waals surface area contributed by atoms with Gasteiger partial charge < -0.3 is 11.1 Å². The standard InChI is InChI=1S/C13H15ClN4/c14-12-5-6-13(18-17-12)16-9-11-3-1-10(2-4-11)7-8-15/h1-6H,7-9,15H2,(H,16,18). The zero-order chi connectivity index (χ0) is 12.8. The molecule has 0 amide bonds. The molecule has 1 heterocycles. The first-order chi connectivity index (χ1) is 8.78. The van der Waals surface area contributed by atoms with E-state index in [1.165, 1.54) is 11.1 Å². The summed E-state index contributed by atoms with van der Waals surface area (Å²) in [5.74, 6) is 0.713. The molecule has 0 spiro atoms. The highest BCUT2D eigenvalue weighted by molar-refractivity contribution is 6.29. The van der Waals surface area contributed by atoms with E-state index in [0.717, 1.165) is 6.42 Å². The summed E-state index contributed by atoms with van der Waals surface area (Å²) < 4.78 is 0. The summed E-state index contributed by atoms with van der Waals surface area (Å²) in [5, 5.41) is 11.3. The van der Waals surface area contributed by atoms with E-state index >= 15 is 0 Å². The molecule has 1 aromatic heterocycles. The number of aromatic nitrogens is 2. The van der Waals surface area contributed by atoms with Crippen LogP contribution in [0.1, 0.15) is 11.1 Å². The predicted molar refractivity (Wildman–Crippen MR) is 73.6 cm³/mol. The van der Waals surface area contributed by atoms with Gasteiger partial charge in [0.15, 0.2) is 5.15 Å². The van der Waals surface area contributed by atoms with Gasteiger partial charge in [-0.3, -0.25) is 0 Å². The van der Waals surface area contributed by atoms with Gasteiger partial charge in [0.2, 0.25) is 0 Å². The van der Waals surface area contributed by atoms with E-state index in [0.29, 0.717) is 24.1 Å². The fraction of sp³-hybridized carbons (Fsp3) is 0.231. The van der Waals surface area contributed by atoms with Crippen LogP contribution in [0.25, 0.3) is 0 Å². The number of nitrogens with two attached hydrogens (primary N) is 1. The van der Waals surface area contributed by atoms with Crippen LogP contribution in [0.2, 0.25) is 5.15 Å². The van der Waals surface area contributed by atoms with Crippen molar-refractivity contribution >= 4 is 17.4 Å². The van der Waals surface area contributed by atoms with E-state index in [4.69, 9.17) is 17.3 Å². The normalized spacial score (nSPS) is 10.3. The minimum absolute atomic E-state index is 0.395. The molecule has 2 rings (SSSR count). The third-order valence-corrected chi connectivity index (χ3v) is 2.76. The molecule has 0 saturated heterocycles. The first-order valence-corrected chi connectivity index (χ1v) is 6.17. The second-order valence-corrected chi connectivity index (χ2v) is 4.34. The Bertz CT molecular complexity index is 481.